The van der Waals surface area contributed by atoms with Crippen LogP contribution in [-0.2, 0) is 6.42 Å². The van der Waals surface area contributed by atoms with Crippen LogP contribution >= 0.6 is 0 Å². The van der Waals surface area contributed by atoms with Crippen molar-refractivity contribution < 1.29 is 0 Å². The topological polar surface area (TPSA) is 61.9 Å². The maximum atomic E-state index is 6.64. The van der Waals surface area contributed by atoms with Crippen LogP contribution in [0.5, 0.6) is 0 Å². The van der Waals surface area contributed by atoms with E-state index >= 15 is 0 Å². The average molecular weight is 407 g/mol. The van der Waals surface area contributed by atoms with Crippen LogP contribution in [0.15, 0.2) is 66.7 Å². The lowest BCUT2D eigenvalue weighted by molar-refractivity contribution is 0.768. The van der Waals surface area contributed by atoms with E-state index in [1.807, 2.05) is 10.7 Å². The number of fused-ring (bicyclic) bond motifs is 6. The highest BCUT2D eigenvalue weighted by Gasteiger charge is 2.25. The van der Waals surface area contributed by atoms with Gasteiger partial charge in [-0.2, -0.15) is 0 Å². The SMILES string of the molecule is CCC=C1CCCc2c1c1c(-c3cccc4c3c3ccccc3n4N)cccc1n2N. The summed E-state index contributed by atoms with van der Waals surface area (Å²) in [6.45, 7) is 2.21. The molecule has 0 atom stereocenters. The summed E-state index contributed by atoms with van der Waals surface area (Å²) >= 11 is 0. The molecule has 4 heteroatoms. The van der Waals surface area contributed by atoms with Crippen molar-refractivity contribution in [2.45, 2.75) is 32.6 Å². The number of nitrogen functional groups attached to an aromatic ring is 2. The number of rotatable bonds is 2. The molecule has 4 N–H and O–H groups in total. The van der Waals surface area contributed by atoms with E-state index in [9.17, 15) is 0 Å². The van der Waals surface area contributed by atoms with Gasteiger partial charge in [-0.25, -0.2) is 0 Å². The number of nitrogens with zero attached hydrogens (tertiary/aromatic N) is 2. The largest absolute Gasteiger partial charge is 0.339 e. The van der Waals surface area contributed by atoms with E-state index in [4.69, 9.17) is 11.7 Å². The first-order valence-electron chi connectivity index (χ1n) is 11.1. The normalized spacial score (nSPS) is 15.3. The lowest BCUT2D eigenvalue weighted by atomic mass is 9.86. The van der Waals surface area contributed by atoms with Crippen LogP contribution in [0.4, 0.5) is 0 Å². The Morgan fingerprint density at radius 2 is 1.45 bits per heavy atom. The lowest BCUT2D eigenvalue weighted by Gasteiger charge is -2.18. The summed E-state index contributed by atoms with van der Waals surface area (Å²) in [5.41, 5.74) is 9.64. The van der Waals surface area contributed by atoms with Crippen LogP contribution in [0.2, 0.25) is 0 Å². The van der Waals surface area contributed by atoms with Gasteiger partial charge in [0.25, 0.3) is 0 Å². The third kappa shape index (κ3) is 2.42. The molecule has 0 amide bonds. The van der Waals surface area contributed by atoms with E-state index in [-0.39, 0.29) is 0 Å². The van der Waals surface area contributed by atoms with E-state index in [0.717, 1.165) is 42.2 Å². The van der Waals surface area contributed by atoms with Crippen LogP contribution in [0.3, 0.4) is 0 Å². The molecule has 0 bridgehead atoms. The zero-order valence-corrected chi connectivity index (χ0v) is 17.7. The van der Waals surface area contributed by atoms with Gasteiger partial charge in [0, 0.05) is 27.4 Å². The number of para-hydroxylation sites is 1. The molecule has 0 saturated heterocycles. The summed E-state index contributed by atoms with van der Waals surface area (Å²) in [5, 5.41) is 3.64. The van der Waals surface area contributed by atoms with E-state index in [0.29, 0.717) is 0 Å². The first-order chi connectivity index (χ1) is 15.2. The highest BCUT2D eigenvalue weighted by Crippen LogP contribution is 2.44. The van der Waals surface area contributed by atoms with Gasteiger partial charge in [-0.15, -0.1) is 0 Å². The number of allylic oxidation sites excluding steroid dienone is 2. The maximum Gasteiger partial charge on any atom is 0.0709 e. The Morgan fingerprint density at radius 3 is 2.23 bits per heavy atom. The van der Waals surface area contributed by atoms with Gasteiger partial charge in [0.15, 0.2) is 0 Å². The summed E-state index contributed by atoms with van der Waals surface area (Å²) < 4.78 is 3.73. The molecular formula is C27H26N4. The zero-order valence-electron chi connectivity index (χ0n) is 17.7. The molecule has 1 aliphatic rings. The quantitative estimate of drug-likeness (QED) is 0.355. The van der Waals surface area contributed by atoms with Crippen molar-refractivity contribution >= 4 is 38.3 Å². The van der Waals surface area contributed by atoms with Crippen molar-refractivity contribution in [3.8, 4) is 11.1 Å². The Hall–Kier alpha value is -3.66. The number of aromatic nitrogens is 2. The monoisotopic (exact) mass is 406 g/mol. The average Bonchev–Trinajstić information content (AvgIpc) is 3.27. The van der Waals surface area contributed by atoms with Crippen molar-refractivity contribution in [2.75, 3.05) is 11.7 Å². The minimum atomic E-state index is 1.02. The van der Waals surface area contributed by atoms with Gasteiger partial charge in [-0.1, -0.05) is 55.5 Å². The van der Waals surface area contributed by atoms with E-state index in [2.05, 4.69) is 67.6 Å². The van der Waals surface area contributed by atoms with Crippen LogP contribution in [0.1, 0.15) is 37.4 Å². The number of benzene rings is 3. The number of nitrogens with two attached hydrogens (primary N) is 2. The highest BCUT2D eigenvalue weighted by atomic mass is 15.3. The first kappa shape index (κ1) is 18.1. The second-order valence-corrected chi connectivity index (χ2v) is 8.47. The lowest BCUT2D eigenvalue weighted by Crippen LogP contribution is -2.14. The third-order valence-electron chi connectivity index (χ3n) is 6.79. The molecule has 0 fully saturated rings. The molecule has 31 heavy (non-hydrogen) atoms. The number of hydrogen-bond donors (Lipinski definition) is 2. The highest BCUT2D eigenvalue weighted by molar-refractivity contribution is 6.18. The predicted molar refractivity (Wildman–Crippen MR) is 132 cm³/mol. The van der Waals surface area contributed by atoms with E-state index in [1.165, 1.54) is 44.1 Å². The molecule has 5 aromatic rings. The van der Waals surface area contributed by atoms with Gasteiger partial charge >= 0.3 is 0 Å². The van der Waals surface area contributed by atoms with Crippen molar-refractivity contribution in [1.29, 1.82) is 0 Å². The molecular weight excluding hydrogens is 380 g/mol. The Kier molecular flexibility index (Phi) is 3.90. The molecule has 4 nitrogen and oxygen atoms in total. The molecule has 0 spiro atoms. The van der Waals surface area contributed by atoms with Crippen molar-refractivity contribution in [1.82, 2.24) is 9.35 Å². The Morgan fingerprint density at radius 1 is 0.774 bits per heavy atom. The van der Waals surface area contributed by atoms with Crippen molar-refractivity contribution in [3.63, 3.8) is 0 Å². The van der Waals surface area contributed by atoms with Crippen molar-refractivity contribution in [2.24, 2.45) is 0 Å². The number of hydrogen-bond acceptors (Lipinski definition) is 2. The minimum Gasteiger partial charge on any atom is -0.339 e. The van der Waals surface area contributed by atoms with Crippen LogP contribution < -0.4 is 11.7 Å². The van der Waals surface area contributed by atoms with Gasteiger partial charge in [-0.3, -0.25) is 9.35 Å². The van der Waals surface area contributed by atoms with Gasteiger partial charge in [0.2, 0.25) is 0 Å². The summed E-state index contributed by atoms with van der Waals surface area (Å²) in [7, 11) is 0. The molecule has 6 rings (SSSR count). The molecule has 0 aliphatic heterocycles. The third-order valence-corrected chi connectivity index (χ3v) is 6.79. The van der Waals surface area contributed by atoms with E-state index in [1.54, 1.807) is 4.68 Å². The van der Waals surface area contributed by atoms with Gasteiger partial charge in [0.05, 0.1) is 16.6 Å². The molecule has 2 heterocycles. The summed E-state index contributed by atoms with van der Waals surface area (Å²) in [6.07, 6.45) is 6.69. The Bertz CT molecular complexity index is 1510. The fourth-order valence-electron chi connectivity index (χ4n) is 5.52. The van der Waals surface area contributed by atoms with Crippen LogP contribution in [-0.4, -0.2) is 9.35 Å². The zero-order chi connectivity index (χ0) is 21.1. The minimum absolute atomic E-state index is 1.02. The second-order valence-electron chi connectivity index (χ2n) is 8.47. The standard InChI is InChI=1S/C27H26N4/c1-2-8-17-9-5-14-22-25(17)27-19(12-7-16-24(27)31(22)29)18-11-6-15-23-26(18)20-10-3-4-13-21(20)30(23)28/h3-4,6-8,10-13,15-16H,2,5,9,14,28-29H2,1H3. The smallest absolute Gasteiger partial charge is 0.0709 e. The molecule has 2 aromatic heterocycles. The van der Waals surface area contributed by atoms with Gasteiger partial charge in [0.1, 0.15) is 0 Å². The molecule has 0 unspecified atom stereocenters. The van der Waals surface area contributed by atoms with Crippen LogP contribution in [0, 0.1) is 0 Å². The molecule has 154 valence electrons. The molecule has 0 radical (unpaired) electrons. The molecule has 3 aromatic carbocycles. The fourth-order valence-corrected chi connectivity index (χ4v) is 5.52. The van der Waals surface area contributed by atoms with Crippen molar-refractivity contribution in [3.05, 3.63) is 78.0 Å². The Balaban J connectivity index is 1.78. The molecule has 0 saturated carbocycles. The summed E-state index contributed by atoms with van der Waals surface area (Å²) in [4.78, 5) is 0. The predicted octanol–water partition coefficient (Wildman–Crippen LogP) is 5.97. The summed E-state index contributed by atoms with van der Waals surface area (Å²) in [6, 6.07) is 21.3. The van der Waals surface area contributed by atoms with Gasteiger partial charge < -0.3 is 11.7 Å². The van der Waals surface area contributed by atoms with Crippen LogP contribution in [0.25, 0.3) is 49.4 Å². The second kappa shape index (κ2) is 6.67. The maximum absolute atomic E-state index is 6.64. The first-order valence-corrected chi connectivity index (χ1v) is 11.1. The van der Waals surface area contributed by atoms with E-state index < -0.39 is 0 Å². The summed E-state index contributed by atoms with van der Waals surface area (Å²) in [5.74, 6) is 13.1. The fraction of sp³-hybridized carbons (Fsp3) is 0.185. The Labute approximate surface area is 181 Å². The molecule has 1 aliphatic carbocycles. The van der Waals surface area contributed by atoms with Gasteiger partial charge in [-0.05, 0) is 60.6 Å².